The van der Waals surface area contributed by atoms with Crippen LogP contribution in [0.2, 0.25) is 0 Å². The van der Waals surface area contributed by atoms with Crippen LogP contribution in [0.3, 0.4) is 0 Å². The van der Waals surface area contributed by atoms with Gasteiger partial charge in [-0.25, -0.2) is 4.79 Å². The number of nitrogens with one attached hydrogen (secondary N) is 1. The molecule has 12 heteroatoms. The molecule has 9 nitrogen and oxygen atoms in total. The summed E-state index contributed by atoms with van der Waals surface area (Å²) in [5, 5.41) is 2.85. The molecule has 0 saturated carbocycles. The van der Waals surface area contributed by atoms with Gasteiger partial charge in [-0.05, 0) is 55.8 Å². The number of piperazine rings is 1. The SMILES string of the molecule is CCOc1ccc(NC(=O)N2CCN(CC(=O)c3cc(C(N)=O)c(C)n3Cc3ccccc3C(F)(F)F)CC2)cc1. The smallest absolute Gasteiger partial charge is 0.416 e. The number of carbonyl (C=O) groups excluding carboxylic acids is 3. The Labute approximate surface area is 235 Å². The molecule has 1 fully saturated rings. The van der Waals surface area contributed by atoms with Crippen molar-refractivity contribution in [2.75, 3.05) is 44.6 Å². The molecule has 1 aromatic heterocycles. The van der Waals surface area contributed by atoms with Crippen molar-refractivity contribution < 1.29 is 32.3 Å². The lowest BCUT2D eigenvalue weighted by atomic mass is 10.1. The number of benzene rings is 2. The molecule has 0 radical (unpaired) electrons. The van der Waals surface area contributed by atoms with Crippen molar-refractivity contribution in [2.45, 2.75) is 26.6 Å². The summed E-state index contributed by atoms with van der Waals surface area (Å²) < 4.78 is 47.7. The number of alkyl halides is 3. The molecule has 4 rings (SSSR count). The van der Waals surface area contributed by atoms with Crippen LogP contribution in [0.1, 0.15) is 44.6 Å². The first-order valence-corrected chi connectivity index (χ1v) is 13.2. The van der Waals surface area contributed by atoms with Gasteiger partial charge >= 0.3 is 12.2 Å². The number of ether oxygens (including phenoxy) is 1. The number of Topliss-reactive ketones (excluding diaryl/α,β-unsaturated/α-hetero) is 1. The van der Waals surface area contributed by atoms with E-state index in [1.165, 1.54) is 28.8 Å². The highest BCUT2D eigenvalue weighted by atomic mass is 19.4. The van der Waals surface area contributed by atoms with Crippen LogP contribution in [0.25, 0.3) is 0 Å². The van der Waals surface area contributed by atoms with Gasteiger partial charge in [0.15, 0.2) is 5.78 Å². The lowest BCUT2D eigenvalue weighted by Gasteiger charge is -2.34. The Kier molecular flexibility index (Phi) is 9.01. The molecule has 1 aliphatic heterocycles. The van der Waals surface area contributed by atoms with Crippen LogP contribution >= 0.6 is 0 Å². The molecule has 1 aliphatic rings. The number of ketones is 1. The standard InChI is InChI=1S/C29H32F3N5O4/c1-3-41-22-10-8-21(9-11-22)34-28(40)36-14-12-35(13-15-36)18-26(38)25-16-23(27(33)39)19(2)37(25)17-20-6-4-5-7-24(20)29(30,31)32/h4-11,16H,3,12-15,17-18H2,1-2H3,(H2,33,39)(H,34,40). The Hall–Kier alpha value is -4.32. The van der Waals surface area contributed by atoms with Crippen LogP contribution in [0, 0.1) is 6.92 Å². The molecule has 0 aliphatic carbocycles. The number of amides is 3. The fraction of sp³-hybridized carbons (Fsp3) is 0.345. The van der Waals surface area contributed by atoms with Gasteiger partial charge in [0, 0.05) is 44.1 Å². The number of anilines is 1. The number of urea groups is 1. The molecular weight excluding hydrogens is 539 g/mol. The molecule has 0 bridgehead atoms. The summed E-state index contributed by atoms with van der Waals surface area (Å²) in [4.78, 5) is 41.6. The van der Waals surface area contributed by atoms with E-state index in [2.05, 4.69) is 5.32 Å². The fourth-order valence-electron chi connectivity index (χ4n) is 4.83. The minimum absolute atomic E-state index is 0.0308. The molecule has 3 aromatic rings. The van der Waals surface area contributed by atoms with Crippen LogP contribution in [-0.2, 0) is 12.7 Å². The third-order valence-electron chi connectivity index (χ3n) is 7.01. The van der Waals surface area contributed by atoms with Crippen LogP contribution in [0.5, 0.6) is 5.75 Å². The lowest BCUT2D eigenvalue weighted by molar-refractivity contribution is -0.138. The monoisotopic (exact) mass is 571 g/mol. The van der Waals surface area contributed by atoms with E-state index < -0.39 is 17.6 Å². The largest absolute Gasteiger partial charge is 0.494 e. The van der Waals surface area contributed by atoms with E-state index in [0.717, 1.165) is 6.07 Å². The van der Waals surface area contributed by atoms with Gasteiger partial charge in [0.25, 0.3) is 5.91 Å². The number of primary amides is 1. The van der Waals surface area contributed by atoms with Gasteiger partial charge in [-0.15, -0.1) is 0 Å². The molecule has 2 aromatic carbocycles. The first kappa shape index (κ1) is 29.7. The summed E-state index contributed by atoms with van der Waals surface area (Å²) in [5.74, 6) is -0.429. The van der Waals surface area contributed by atoms with Gasteiger partial charge < -0.3 is 25.3 Å². The number of hydrogen-bond acceptors (Lipinski definition) is 5. The zero-order valence-corrected chi connectivity index (χ0v) is 22.8. The van der Waals surface area contributed by atoms with E-state index in [0.29, 0.717) is 49.9 Å². The van der Waals surface area contributed by atoms with Gasteiger partial charge in [-0.1, -0.05) is 18.2 Å². The van der Waals surface area contributed by atoms with E-state index in [-0.39, 0.29) is 41.7 Å². The molecule has 0 unspecified atom stereocenters. The Morgan fingerprint density at radius 3 is 2.27 bits per heavy atom. The van der Waals surface area contributed by atoms with Gasteiger partial charge in [0.05, 0.1) is 30.0 Å². The Bertz CT molecular complexity index is 1410. The van der Waals surface area contributed by atoms with Crippen LogP contribution in [-0.4, -0.2) is 71.4 Å². The first-order chi connectivity index (χ1) is 19.5. The van der Waals surface area contributed by atoms with Gasteiger partial charge in [0.2, 0.25) is 0 Å². The summed E-state index contributed by atoms with van der Waals surface area (Å²) in [7, 11) is 0. The predicted molar refractivity (Wildman–Crippen MR) is 147 cm³/mol. The molecule has 41 heavy (non-hydrogen) atoms. The summed E-state index contributed by atoms with van der Waals surface area (Å²) in [5.41, 5.74) is 5.77. The normalized spacial score (nSPS) is 14.1. The summed E-state index contributed by atoms with van der Waals surface area (Å²) in [6, 6.07) is 13.2. The average Bonchev–Trinajstić information content (AvgIpc) is 3.26. The maximum Gasteiger partial charge on any atom is 0.416 e. The van der Waals surface area contributed by atoms with E-state index in [1.807, 2.05) is 11.8 Å². The Morgan fingerprint density at radius 2 is 1.66 bits per heavy atom. The number of halogens is 3. The second-order valence-corrected chi connectivity index (χ2v) is 9.71. The van der Waals surface area contributed by atoms with E-state index in [9.17, 15) is 27.6 Å². The number of hydrogen-bond donors (Lipinski definition) is 2. The Balaban J connectivity index is 1.42. The Morgan fingerprint density at radius 1 is 1.00 bits per heavy atom. The molecule has 3 amide bonds. The lowest BCUT2D eigenvalue weighted by Crippen LogP contribution is -2.51. The summed E-state index contributed by atoms with van der Waals surface area (Å²) >= 11 is 0. The van der Waals surface area contributed by atoms with Gasteiger partial charge in [-0.3, -0.25) is 14.5 Å². The number of nitrogens with two attached hydrogens (primary N) is 1. The van der Waals surface area contributed by atoms with Crippen molar-refractivity contribution in [3.05, 3.63) is 82.7 Å². The molecule has 2 heterocycles. The fourth-order valence-corrected chi connectivity index (χ4v) is 4.83. The zero-order chi connectivity index (χ0) is 29.7. The highest BCUT2D eigenvalue weighted by molar-refractivity contribution is 6.01. The van der Waals surface area contributed by atoms with Crippen LogP contribution < -0.4 is 15.8 Å². The maximum absolute atomic E-state index is 13.6. The molecule has 0 spiro atoms. The third kappa shape index (κ3) is 7.07. The molecule has 218 valence electrons. The maximum atomic E-state index is 13.6. The van der Waals surface area contributed by atoms with Crippen molar-refractivity contribution in [3.63, 3.8) is 0 Å². The van der Waals surface area contributed by atoms with Crippen LogP contribution in [0.4, 0.5) is 23.7 Å². The molecular formula is C29H32F3N5O4. The quantitative estimate of drug-likeness (QED) is 0.370. The van der Waals surface area contributed by atoms with E-state index in [4.69, 9.17) is 10.5 Å². The molecule has 0 atom stereocenters. The number of nitrogens with zero attached hydrogens (tertiary/aromatic N) is 3. The third-order valence-corrected chi connectivity index (χ3v) is 7.01. The minimum Gasteiger partial charge on any atom is -0.494 e. The van der Waals surface area contributed by atoms with Gasteiger partial charge in [-0.2, -0.15) is 13.2 Å². The van der Waals surface area contributed by atoms with Crippen LogP contribution in [0.15, 0.2) is 54.6 Å². The predicted octanol–water partition coefficient (Wildman–Crippen LogP) is 4.39. The second kappa shape index (κ2) is 12.5. The van der Waals surface area contributed by atoms with Gasteiger partial charge in [0.1, 0.15) is 5.75 Å². The number of aromatic nitrogens is 1. The zero-order valence-electron chi connectivity index (χ0n) is 22.8. The topological polar surface area (TPSA) is 110 Å². The number of carbonyl (C=O) groups is 3. The highest BCUT2D eigenvalue weighted by Gasteiger charge is 2.34. The van der Waals surface area contributed by atoms with Crippen molar-refractivity contribution in [3.8, 4) is 5.75 Å². The average molecular weight is 572 g/mol. The van der Waals surface area contributed by atoms with E-state index in [1.54, 1.807) is 36.1 Å². The highest BCUT2D eigenvalue weighted by Crippen LogP contribution is 2.33. The van der Waals surface area contributed by atoms with E-state index >= 15 is 0 Å². The number of rotatable bonds is 9. The molecule has 1 saturated heterocycles. The van der Waals surface area contributed by atoms with Crippen molar-refractivity contribution in [2.24, 2.45) is 5.73 Å². The molecule has 3 N–H and O–H groups in total. The first-order valence-electron chi connectivity index (χ1n) is 13.2. The van der Waals surface area contributed by atoms with Crippen molar-refractivity contribution in [1.29, 1.82) is 0 Å². The summed E-state index contributed by atoms with van der Waals surface area (Å²) in [6.45, 7) is 5.29. The van der Waals surface area contributed by atoms with Crippen molar-refractivity contribution in [1.82, 2.24) is 14.4 Å². The summed E-state index contributed by atoms with van der Waals surface area (Å²) in [6.07, 6.45) is -4.58. The minimum atomic E-state index is -4.58. The van der Waals surface area contributed by atoms with Crippen molar-refractivity contribution >= 4 is 23.4 Å². The second-order valence-electron chi connectivity index (χ2n) is 9.71.